The molecule has 4 saturated carbocycles. The third-order valence-corrected chi connectivity index (χ3v) is 8.39. The molecule has 5 heteroatoms. The van der Waals surface area contributed by atoms with E-state index in [-0.39, 0.29) is 22.8 Å². The molecule has 1 heterocycles. The number of amides is 1. The molecule has 5 aliphatic rings. The Kier molecular flexibility index (Phi) is 5.18. The summed E-state index contributed by atoms with van der Waals surface area (Å²) < 4.78 is 20.5. The molecule has 5 fully saturated rings. The van der Waals surface area contributed by atoms with Crippen LogP contribution in [0.15, 0.2) is 30.3 Å². The van der Waals surface area contributed by atoms with Gasteiger partial charge in [-0.2, -0.15) is 0 Å². The quantitative estimate of drug-likeness (QED) is 0.745. The predicted molar refractivity (Wildman–Crippen MR) is 115 cm³/mol. The lowest BCUT2D eigenvalue weighted by atomic mass is 9.38. The highest BCUT2D eigenvalue weighted by atomic mass is 19.1. The van der Waals surface area contributed by atoms with E-state index < -0.39 is 11.6 Å². The molecule has 1 saturated heterocycles. The van der Waals surface area contributed by atoms with Crippen molar-refractivity contribution in [3.05, 3.63) is 35.9 Å². The summed E-state index contributed by atoms with van der Waals surface area (Å²) in [5.41, 5.74) is 1.08. The minimum atomic E-state index is -1.00. The van der Waals surface area contributed by atoms with Gasteiger partial charge in [-0.15, -0.1) is 0 Å². The zero-order valence-corrected chi connectivity index (χ0v) is 18.1. The van der Waals surface area contributed by atoms with Crippen LogP contribution in [0.1, 0.15) is 57.4 Å². The predicted octanol–water partition coefficient (Wildman–Crippen LogP) is 3.75. The van der Waals surface area contributed by atoms with Gasteiger partial charge in [0.2, 0.25) is 5.91 Å². The van der Waals surface area contributed by atoms with Crippen molar-refractivity contribution in [2.45, 2.75) is 69.5 Å². The SMILES string of the molecule is CCOC[C@]12CC3CC(C(=O)N[C@H]4CCNC[C@@H]4F)(C1)C[C@@](c1ccccc1)(C3)C2. The van der Waals surface area contributed by atoms with Crippen LogP contribution in [0.3, 0.4) is 0 Å². The topological polar surface area (TPSA) is 50.4 Å². The first-order valence-corrected chi connectivity index (χ1v) is 11.8. The van der Waals surface area contributed by atoms with Crippen LogP contribution in [0.4, 0.5) is 4.39 Å². The first-order chi connectivity index (χ1) is 14.5. The van der Waals surface area contributed by atoms with Crippen molar-refractivity contribution >= 4 is 5.91 Å². The first-order valence-electron chi connectivity index (χ1n) is 11.8. The van der Waals surface area contributed by atoms with Crippen molar-refractivity contribution in [1.29, 1.82) is 0 Å². The van der Waals surface area contributed by atoms with Gasteiger partial charge in [-0.25, -0.2) is 4.39 Å². The molecular weight excluding hydrogens is 379 g/mol. The molecule has 1 aromatic rings. The fraction of sp³-hybridized carbons (Fsp3) is 0.720. The maximum Gasteiger partial charge on any atom is 0.226 e. The highest BCUT2D eigenvalue weighted by Crippen LogP contribution is 2.70. The first kappa shape index (κ1) is 20.4. The van der Waals surface area contributed by atoms with Gasteiger partial charge in [0.25, 0.3) is 0 Å². The number of hydrogen-bond donors (Lipinski definition) is 2. The molecule has 1 amide bonds. The Morgan fingerprint density at radius 3 is 2.80 bits per heavy atom. The van der Waals surface area contributed by atoms with E-state index in [1.165, 1.54) is 12.0 Å². The van der Waals surface area contributed by atoms with Gasteiger partial charge in [0.1, 0.15) is 6.17 Å². The molecule has 164 valence electrons. The minimum Gasteiger partial charge on any atom is -0.381 e. The fourth-order valence-electron chi connectivity index (χ4n) is 7.79. The summed E-state index contributed by atoms with van der Waals surface area (Å²) in [7, 11) is 0. The summed E-state index contributed by atoms with van der Waals surface area (Å²) in [6, 6.07) is 10.5. The Morgan fingerprint density at radius 1 is 1.20 bits per heavy atom. The number of benzene rings is 1. The van der Waals surface area contributed by atoms with Crippen molar-refractivity contribution < 1.29 is 13.9 Å². The van der Waals surface area contributed by atoms with Crippen LogP contribution in [-0.2, 0) is 14.9 Å². The lowest BCUT2D eigenvalue weighted by Gasteiger charge is -2.66. The van der Waals surface area contributed by atoms with Crippen LogP contribution in [-0.4, -0.2) is 44.4 Å². The second-order valence-corrected chi connectivity index (χ2v) is 10.7. The summed E-state index contributed by atoms with van der Waals surface area (Å²) in [5, 5.41) is 6.26. The van der Waals surface area contributed by atoms with E-state index in [2.05, 4.69) is 47.9 Å². The van der Waals surface area contributed by atoms with Gasteiger partial charge in [-0.3, -0.25) is 4.79 Å². The van der Waals surface area contributed by atoms with Crippen molar-refractivity contribution in [2.75, 3.05) is 26.3 Å². The van der Waals surface area contributed by atoms with E-state index in [0.29, 0.717) is 25.5 Å². The van der Waals surface area contributed by atoms with E-state index in [4.69, 9.17) is 4.74 Å². The molecule has 4 nitrogen and oxygen atoms in total. The molecule has 4 aliphatic carbocycles. The molecule has 6 rings (SSSR count). The smallest absolute Gasteiger partial charge is 0.226 e. The summed E-state index contributed by atoms with van der Waals surface area (Å²) in [6.45, 7) is 4.60. The molecule has 1 aliphatic heterocycles. The number of ether oxygens (including phenoxy) is 1. The number of carbonyl (C=O) groups is 1. The van der Waals surface area contributed by atoms with E-state index in [1.807, 2.05) is 0 Å². The molecule has 2 unspecified atom stereocenters. The highest BCUT2D eigenvalue weighted by Gasteiger charge is 2.66. The molecule has 30 heavy (non-hydrogen) atoms. The summed E-state index contributed by atoms with van der Waals surface area (Å²) in [4.78, 5) is 13.8. The molecule has 4 bridgehead atoms. The lowest BCUT2D eigenvalue weighted by Crippen LogP contribution is -2.65. The number of alkyl halides is 1. The van der Waals surface area contributed by atoms with E-state index in [1.54, 1.807) is 0 Å². The van der Waals surface area contributed by atoms with Crippen LogP contribution >= 0.6 is 0 Å². The molecule has 0 spiro atoms. The molecule has 0 aromatic heterocycles. The van der Waals surface area contributed by atoms with Gasteiger partial charge in [0, 0.05) is 13.2 Å². The molecule has 6 atom stereocenters. The Hall–Kier alpha value is -1.46. The fourth-order valence-corrected chi connectivity index (χ4v) is 7.79. The van der Waals surface area contributed by atoms with E-state index in [0.717, 1.165) is 45.3 Å². The van der Waals surface area contributed by atoms with Gasteiger partial charge in [0.05, 0.1) is 18.1 Å². The van der Waals surface area contributed by atoms with Crippen LogP contribution in [0.5, 0.6) is 0 Å². The van der Waals surface area contributed by atoms with Crippen LogP contribution in [0.2, 0.25) is 0 Å². The van der Waals surface area contributed by atoms with Crippen molar-refractivity contribution in [3.63, 3.8) is 0 Å². The Balaban J connectivity index is 1.48. The number of hydrogen-bond acceptors (Lipinski definition) is 3. The Morgan fingerprint density at radius 2 is 2.03 bits per heavy atom. The Bertz CT molecular complexity index is 789. The molecule has 2 N–H and O–H groups in total. The second-order valence-electron chi connectivity index (χ2n) is 10.7. The van der Waals surface area contributed by atoms with Crippen molar-refractivity contribution in [1.82, 2.24) is 10.6 Å². The maximum atomic E-state index is 14.5. The normalized spacial score (nSPS) is 42.3. The van der Waals surface area contributed by atoms with Gasteiger partial charge in [-0.1, -0.05) is 30.3 Å². The molecular formula is C25H35FN2O2. The van der Waals surface area contributed by atoms with Gasteiger partial charge < -0.3 is 15.4 Å². The molecule has 1 aromatic carbocycles. The van der Waals surface area contributed by atoms with E-state index in [9.17, 15) is 9.18 Å². The summed E-state index contributed by atoms with van der Waals surface area (Å²) in [5.74, 6) is 0.643. The third kappa shape index (κ3) is 3.38. The number of carbonyl (C=O) groups excluding carboxylic acids is 1. The van der Waals surface area contributed by atoms with Gasteiger partial charge in [0.15, 0.2) is 0 Å². The number of piperidine rings is 1. The average molecular weight is 415 g/mol. The number of nitrogens with one attached hydrogen (secondary N) is 2. The van der Waals surface area contributed by atoms with Crippen LogP contribution in [0, 0.1) is 16.7 Å². The summed E-state index contributed by atoms with van der Waals surface area (Å²) in [6.07, 6.45) is 5.82. The van der Waals surface area contributed by atoms with Crippen LogP contribution < -0.4 is 10.6 Å². The lowest BCUT2D eigenvalue weighted by molar-refractivity contribution is -0.173. The zero-order valence-electron chi connectivity index (χ0n) is 18.1. The van der Waals surface area contributed by atoms with Crippen LogP contribution in [0.25, 0.3) is 0 Å². The van der Waals surface area contributed by atoms with Crippen molar-refractivity contribution in [2.24, 2.45) is 16.7 Å². The molecule has 0 radical (unpaired) electrons. The zero-order chi connectivity index (χ0) is 20.8. The largest absolute Gasteiger partial charge is 0.381 e. The highest BCUT2D eigenvalue weighted by molar-refractivity contribution is 5.84. The summed E-state index contributed by atoms with van der Waals surface area (Å²) >= 11 is 0. The van der Waals surface area contributed by atoms with E-state index >= 15 is 0 Å². The monoisotopic (exact) mass is 414 g/mol. The maximum absolute atomic E-state index is 14.5. The minimum absolute atomic E-state index is 0.0400. The average Bonchev–Trinajstić information content (AvgIpc) is 2.74. The standard InChI is InChI=1S/C25H35FN2O2/c1-2-30-17-23-10-18-11-24(14-23,19-6-4-3-5-7-19)16-25(12-18,15-23)22(29)28-21-8-9-27-13-20(21)26/h3-7,18,20-21,27H,2,8-17H2,1H3,(H,28,29)/t18?,20-,21-,23-,24+,25?/m0/s1. The third-order valence-electron chi connectivity index (χ3n) is 8.39. The number of rotatable bonds is 6. The second kappa shape index (κ2) is 7.59. The van der Waals surface area contributed by atoms with Gasteiger partial charge in [-0.05, 0) is 80.7 Å². The Labute approximate surface area is 179 Å². The van der Waals surface area contributed by atoms with Gasteiger partial charge >= 0.3 is 0 Å². The number of halogens is 1. The van der Waals surface area contributed by atoms with Crippen molar-refractivity contribution in [3.8, 4) is 0 Å².